The Labute approximate surface area is 127 Å². The van der Waals surface area contributed by atoms with Crippen LogP contribution in [0.3, 0.4) is 0 Å². The Morgan fingerprint density at radius 2 is 2.19 bits per heavy atom. The van der Waals surface area contributed by atoms with Crippen LogP contribution in [0.5, 0.6) is 0 Å². The summed E-state index contributed by atoms with van der Waals surface area (Å²) in [6.45, 7) is 4.14. The van der Waals surface area contributed by atoms with E-state index in [0.717, 1.165) is 10.7 Å². The van der Waals surface area contributed by atoms with E-state index in [1.54, 1.807) is 14.0 Å². The zero-order chi connectivity index (χ0) is 15.8. The molecule has 2 atom stereocenters. The highest BCUT2D eigenvalue weighted by molar-refractivity contribution is 7.09. The Morgan fingerprint density at radius 1 is 1.48 bits per heavy atom. The number of aryl methyl sites for hydroxylation is 1. The number of nitrogens with one attached hydrogen (secondary N) is 2. The Morgan fingerprint density at radius 3 is 2.71 bits per heavy atom. The molecule has 1 aromatic rings. The predicted molar refractivity (Wildman–Crippen MR) is 79.5 cm³/mol. The minimum Gasteiger partial charge on any atom is -0.480 e. The number of ether oxygens (including phenoxy) is 1. The molecule has 0 radical (unpaired) electrons. The van der Waals surface area contributed by atoms with Crippen LogP contribution in [0.15, 0.2) is 5.38 Å². The van der Waals surface area contributed by atoms with Crippen molar-refractivity contribution in [2.75, 3.05) is 13.7 Å². The van der Waals surface area contributed by atoms with E-state index in [-0.39, 0.29) is 6.04 Å². The lowest BCUT2D eigenvalue weighted by Crippen LogP contribution is -2.46. The summed E-state index contributed by atoms with van der Waals surface area (Å²) in [6, 6.07) is -1.71. The van der Waals surface area contributed by atoms with Crippen molar-refractivity contribution in [3.8, 4) is 0 Å². The second-order valence-electron chi connectivity index (χ2n) is 4.69. The highest BCUT2D eigenvalue weighted by Crippen LogP contribution is 2.17. The van der Waals surface area contributed by atoms with E-state index in [1.165, 1.54) is 11.3 Å². The van der Waals surface area contributed by atoms with Gasteiger partial charge in [-0.05, 0) is 26.7 Å². The van der Waals surface area contributed by atoms with Crippen molar-refractivity contribution in [3.05, 3.63) is 16.1 Å². The highest BCUT2D eigenvalue weighted by Gasteiger charge is 2.21. The zero-order valence-corrected chi connectivity index (χ0v) is 13.2. The number of aromatic nitrogens is 1. The van der Waals surface area contributed by atoms with Crippen LogP contribution in [0.25, 0.3) is 0 Å². The van der Waals surface area contributed by atoms with Crippen molar-refractivity contribution in [2.45, 2.75) is 38.8 Å². The van der Waals surface area contributed by atoms with E-state index < -0.39 is 18.0 Å². The molecule has 7 nitrogen and oxygen atoms in total. The first kappa shape index (κ1) is 17.4. The van der Waals surface area contributed by atoms with Gasteiger partial charge in [0.15, 0.2) is 0 Å². The predicted octanol–water partition coefficient (Wildman–Crippen LogP) is 1.69. The van der Waals surface area contributed by atoms with Gasteiger partial charge < -0.3 is 20.5 Å². The summed E-state index contributed by atoms with van der Waals surface area (Å²) >= 11 is 1.46. The number of amides is 2. The second kappa shape index (κ2) is 8.58. The maximum Gasteiger partial charge on any atom is 0.326 e. The average Bonchev–Trinajstić information content (AvgIpc) is 2.84. The summed E-state index contributed by atoms with van der Waals surface area (Å²) in [6.07, 6.45) is 0.885. The molecule has 118 valence electrons. The van der Waals surface area contributed by atoms with Crippen LogP contribution in [0.2, 0.25) is 0 Å². The molecule has 0 aliphatic rings. The van der Waals surface area contributed by atoms with E-state index >= 15 is 0 Å². The fourth-order valence-corrected chi connectivity index (χ4v) is 2.52. The van der Waals surface area contributed by atoms with Crippen LogP contribution < -0.4 is 10.6 Å². The van der Waals surface area contributed by atoms with Crippen LogP contribution in [0, 0.1) is 6.92 Å². The minimum atomic E-state index is -1.06. The number of rotatable bonds is 8. The SMILES string of the molecule is COCCCC(NC(=O)NC(C)c1nc(C)cs1)C(=O)O. The molecule has 0 saturated heterocycles. The number of hydrogen-bond acceptors (Lipinski definition) is 5. The van der Waals surface area contributed by atoms with Crippen molar-refractivity contribution in [1.29, 1.82) is 0 Å². The smallest absolute Gasteiger partial charge is 0.326 e. The number of carboxylic acid groups (broad SMARTS) is 1. The molecule has 21 heavy (non-hydrogen) atoms. The molecule has 1 rings (SSSR count). The lowest BCUT2D eigenvalue weighted by molar-refractivity contribution is -0.139. The largest absolute Gasteiger partial charge is 0.480 e. The molecular formula is C13H21N3O4S. The first-order chi connectivity index (χ1) is 9.93. The summed E-state index contributed by atoms with van der Waals surface area (Å²) in [5.74, 6) is -1.06. The maximum atomic E-state index is 11.8. The number of carboxylic acids is 1. The maximum absolute atomic E-state index is 11.8. The van der Waals surface area contributed by atoms with E-state index in [0.29, 0.717) is 19.4 Å². The van der Waals surface area contributed by atoms with Gasteiger partial charge in [0.2, 0.25) is 0 Å². The van der Waals surface area contributed by atoms with E-state index in [2.05, 4.69) is 15.6 Å². The van der Waals surface area contributed by atoms with Gasteiger partial charge in [-0.3, -0.25) is 0 Å². The molecular weight excluding hydrogens is 294 g/mol. The van der Waals surface area contributed by atoms with Gasteiger partial charge in [-0.1, -0.05) is 0 Å². The van der Waals surface area contributed by atoms with Crippen LogP contribution >= 0.6 is 11.3 Å². The topological polar surface area (TPSA) is 101 Å². The summed E-state index contributed by atoms with van der Waals surface area (Å²) in [5, 5.41) is 16.9. The lowest BCUT2D eigenvalue weighted by Gasteiger charge is -2.17. The fraction of sp³-hybridized carbons (Fsp3) is 0.615. The molecule has 8 heteroatoms. The number of thiazole rings is 1. The first-order valence-corrected chi connectivity index (χ1v) is 7.52. The van der Waals surface area contributed by atoms with Crippen molar-refractivity contribution in [1.82, 2.24) is 15.6 Å². The molecule has 0 aromatic carbocycles. The highest BCUT2D eigenvalue weighted by atomic mass is 32.1. The van der Waals surface area contributed by atoms with Crippen molar-refractivity contribution in [2.24, 2.45) is 0 Å². The Hall–Kier alpha value is -1.67. The van der Waals surface area contributed by atoms with Crippen LogP contribution in [-0.4, -0.2) is 41.8 Å². The fourth-order valence-electron chi connectivity index (χ4n) is 1.72. The average molecular weight is 315 g/mol. The minimum absolute atomic E-state index is 0.267. The molecule has 0 bridgehead atoms. The standard InChI is InChI=1S/C13H21N3O4S/c1-8-7-21-11(14-8)9(2)15-13(19)16-10(12(17)18)5-4-6-20-3/h7,9-10H,4-6H2,1-3H3,(H,17,18)(H2,15,16,19). The molecule has 0 aliphatic heterocycles. The number of urea groups is 1. The van der Waals surface area contributed by atoms with Crippen LogP contribution in [-0.2, 0) is 9.53 Å². The molecule has 0 fully saturated rings. The zero-order valence-electron chi connectivity index (χ0n) is 12.4. The monoisotopic (exact) mass is 315 g/mol. The summed E-state index contributed by atoms with van der Waals surface area (Å²) < 4.78 is 4.87. The van der Waals surface area contributed by atoms with Gasteiger partial charge in [-0.15, -0.1) is 11.3 Å². The molecule has 2 unspecified atom stereocenters. The first-order valence-electron chi connectivity index (χ1n) is 6.64. The molecule has 3 N–H and O–H groups in total. The molecule has 2 amide bonds. The number of carbonyl (C=O) groups excluding carboxylic acids is 1. The Bertz CT molecular complexity index is 478. The third-order valence-electron chi connectivity index (χ3n) is 2.80. The number of methoxy groups -OCH3 is 1. The van der Waals surface area contributed by atoms with Gasteiger partial charge >= 0.3 is 12.0 Å². The van der Waals surface area contributed by atoms with Crippen molar-refractivity contribution < 1.29 is 19.4 Å². The molecule has 0 aliphatic carbocycles. The van der Waals surface area contributed by atoms with Gasteiger partial charge in [-0.25, -0.2) is 14.6 Å². The molecule has 1 heterocycles. The van der Waals surface area contributed by atoms with Gasteiger partial charge in [0.05, 0.1) is 6.04 Å². The Kier molecular flexibility index (Phi) is 7.10. The third kappa shape index (κ3) is 6.09. The van der Waals surface area contributed by atoms with Gasteiger partial charge in [0.1, 0.15) is 11.0 Å². The van der Waals surface area contributed by atoms with Crippen molar-refractivity contribution in [3.63, 3.8) is 0 Å². The van der Waals surface area contributed by atoms with Crippen molar-refractivity contribution >= 4 is 23.3 Å². The number of nitrogens with zero attached hydrogens (tertiary/aromatic N) is 1. The second-order valence-corrected chi connectivity index (χ2v) is 5.58. The van der Waals surface area contributed by atoms with E-state index in [9.17, 15) is 9.59 Å². The van der Waals surface area contributed by atoms with E-state index in [1.807, 2.05) is 12.3 Å². The van der Waals surface area contributed by atoms with Gasteiger partial charge in [-0.2, -0.15) is 0 Å². The van der Waals surface area contributed by atoms with Gasteiger partial charge in [0, 0.05) is 24.8 Å². The third-order valence-corrected chi connectivity index (χ3v) is 3.94. The lowest BCUT2D eigenvalue weighted by atomic mass is 10.1. The summed E-state index contributed by atoms with van der Waals surface area (Å²) in [5.41, 5.74) is 0.895. The molecule has 0 spiro atoms. The van der Waals surface area contributed by atoms with Gasteiger partial charge in [0.25, 0.3) is 0 Å². The van der Waals surface area contributed by atoms with Crippen LogP contribution in [0.4, 0.5) is 4.79 Å². The normalized spacial score (nSPS) is 13.5. The molecule has 1 aromatic heterocycles. The van der Waals surface area contributed by atoms with Crippen LogP contribution in [0.1, 0.15) is 36.5 Å². The number of hydrogen-bond donors (Lipinski definition) is 3. The van der Waals surface area contributed by atoms with E-state index in [4.69, 9.17) is 9.84 Å². The Balaban J connectivity index is 2.47. The number of aliphatic carboxylic acids is 1. The quantitative estimate of drug-likeness (QED) is 0.634. The summed E-state index contributed by atoms with van der Waals surface area (Å²) in [4.78, 5) is 27.2. The summed E-state index contributed by atoms with van der Waals surface area (Å²) in [7, 11) is 1.55. The number of carbonyl (C=O) groups is 2. The molecule has 0 saturated carbocycles.